The van der Waals surface area contributed by atoms with Gasteiger partial charge < -0.3 is 10.4 Å². The normalized spacial score (nSPS) is 12.0. The first-order valence-electron chi connectivity index (χ1n) is 7.12. The maximum Gasteiger partial charge on any atom is 0.325 e. The van der Waals surface area contributed by atoms with Crippen LogP contribution in [0.1, 0.15) is 23.9 Å². The van der Waals surface area contributed by atoms with Gasteiger partial charge in [0, 0.05) is 11.3 Å². The van der Waals surface area contributed by atoms with Gasteiger partial charge in [0.05, 0.1) is 17.8 Å². The zero-order valence-electron chi connectivity index (χ0n) is 13.1. The van der Waals surface area contributed by atoms with Gasteiger partial charge in [0.25, 0.3) is 0 Å². The maximum absolute atomic E-state index is 13.0. The zero-order chi connectivity index (χ0) is 17.1. The lowest BCUT2D eigenvalue weighted by atomic mass is 10.1. The Kier molecular flexibility index (Phi) is 4.78. The van der Waals surface area contributed by atoms with Crippen LogP contribution in [-0.2, 0) is 16.0 Å². The summed E-state index contributed by atoms with van der Waals surface area (Å²) in [6.07, 6.45) is 0.0382. The number of aliphatic carboxylic acids is 1. The van der Waals surface area contributed by atoms with Crippen LogP contribution in [0.25, 0.3) is 5.69 Å². The van der Waals surface area contributed by atoms with Crippen molar-refractivity contribution in [3.8, 4) is 5.69 Å². The summed E-state index contributed by atoms with van der Waals surface area (Å²) in [5, 5.41) is 15.6. The molecule has 2 aromatic rings. The Morgan fingerprint density at radius 1 is 1.30 bits per heavy atom. The molecule has 7 heteroatoms. The molecule has 0 fully saturated rings. The van der Waals surface area contributed by atoms with Crippen molar-refractivity contribution < 1.29 is 19.1 Å². The van der Waals surface area contributed by atoms with Crippen molar-refractivity contribution in [1.29, 1.82) is 0 Å². The van der Waals surface area contributed by atoms with E-state index >= 15 is 0 Å². The van der Waals surface area contributed by atoms with Crippen molar-refractivity contribution in [3.63, 3.8) is 0 Å². The summed E-state index contributed by atoms with van der Waals surface area (Å²) in [4.78, 5) is 22.7. The van der Waals surface area contributed by atoms with Crippen LogP contribution in [0.4, 0.5) is 4.39 Å². The van der Waals surface area contributed by atoms with Gasteiger partial charge in [0.1, 0.15) is 11.9 Å². The van der Waals surface area contributed by atoms with Crippen molar-refractivity contribution in [1.82, 2.24) is 15.1 Å². The smallest absolute Gasteiger partial charge is 0.325 e. The third kappa shape index (κ3) is 3.74. The number of carboxylic acid groups (broad SMARTS) is 1. The van der Waals surface area contributed by atoms with E-state index in [2.05, 4.69) is 10.4 Å². The lowest BCUT2D eigenvalue weighted by Gasteiger charge is -2.09. The third-order valence-corrected chi connectivity index (χ3v) is 3.60. The first-order chi connectivity index (χ1) is 10.8. The fraction of sp³-hybridized carbons (Fsp3) is 0.312. The van der Waals surface area contributed by atoms with Crippen molar-refractivity contribution in [2.75, 3.05) is 0 Å². The molecule has 0 bridgehead atoms. The van der Waals surface area contributed by atoms with E-state index in [9.17, 15) is 14.0 Å². The quantitative estimate of drug-likeness (QED) is 0.879. The fourth-order valence-electron chi connectivity index (χ4n) is 2.28. The monoisotopic (exact) mass is 319 g/mol. The molecule has 2 rings (SSSR count). The summed E-state index contributed by atoms with van der Waals surface area (Å²) in [7, 11) is 0. The summed E-state index contributed by atoms with van der Waals surface area (Å²) < 4.78 is 14.7. The molecule has 0 saturated carbocycles. The van der Waals surface area contributed by atoms with Gasteiger partial charge in [-0.15, -0.1) is 0 Å². The SMILES string of the molecule is Cc1nn(-c2ccc(F)cc2)c(C)c1CC(=O)N[C@H](C)C(=O)O. The van der Waals surface area contributed by atoms with Crippen LogP contribution in [0.2, 0.25) is 0 Å². The molecule has 0 aliphatic heterocycles. The topological polar surface area (TPSA) is 84.2 Å². The highest BCUT2D eigenvalue weighted by Gasteiger charge is 2.19. The molecule has 0 saturated heterocycles. The first kappa shape index (κ1) is 16.7. The summed E-state index contributed by atoms with van der Waals surface area (Å²) in [6, 6.07) is 4.94. The summed E-state index contributed by atoms with van der Waals surface area (Å²) in [5.74, 6) is -1.81. The third-order valence-electron chi connectivity index (χ3n) is 3.60. The van der Waals surface area contributed by atoms with Crippen molar-refractivity contribution in [2.45, 2.75) is 33.2 Å². The highest BCUT2D eigenvalue weighted by molar-refractivity contribution is 5.84. The van der Waals surface area contributed by atoms with Crippen LogP contribution in [0.5, 0.6) is 0 Å². The Hall–Kier alpha value is -2.70. The molecule has 1 heterocycles. The first-order valence-corrected chi connectivity index (χ1v) is 7.12. The van der Waals surface area contributed by atoms with Gasteiger partial charge in [-0.05, 0) is 45.0 Å². The molecule has 1 amide bonds. The van der Waals surface area contributed by atoms with Crippen molar-refractivity contribution in [2.24, 2.45) is 0 Å². The minimum absolute atomic E-state index is 0.0382. The van der Waals surface area contributed by atoms with Gasteiger partial charge in [-0.2, -0.15) is 5.10 Å². The van der Waals surface area contributed by atoms with Crippen LogP contribution in [-0.4, -0.2) is 32.8 Å². The van der Waals surface area contributed by atoms with E-state index in [1.807, 2.05) is 6.92 Å². The maximum atomic E-state index is 13.0. The number of hydrogen-bond donors (Lipinski definition) is 2. The van der Waals surface area contributed by atoms with Gasteiger partial charge in [-0.25, -0.2) is 9.07 Å². The largest absolute Gasteiger partial charge is 0.480 e. The fourth-order valence-corrected chi connectivity index (χ4v) is 2.28. The van der Waals surface area contributed by atoms with Crippen molar-refractivity contribution in [3.05, 3.63) is 47.0 Å². The van der Waals surface area contributed by atoms with Crippen LogP contribution in [0.3, 0.4) is 0 Å². The minimum atomic E-state index is -1.09. The van der Waals surface area contributed by atoms with E-state index < -0.39 is 12.0 Å². The van der Waals surface area contributed by atoms with E-state index in [0.29, 0.717) is 11.4 Å². The number of rotatable bonds is 5. The average molecular weight is 319 g/mol. The highest BCUT2D eigenvalue weighted by atomic mass is 19.1. The Balaban J connectivity index is 2.22. The lowest BCUT2D eigenvalue weighted by molar-refractivity contribution is -0.141. The second-order valence-corrected chi connectivity index (χ2v) is 5.34. The van der Waals surface area contributed by atoms with Gasteiger partial charge in [0.15, 0.2) is 0 Å². The second-order valence-electron chi connectivity index (χ2n) is 5.34. The minimum Gasteiger partial charge on any atom is -0.480 e. The molecule has 0 unspecified atom stereocenters. The number of carboxylic acids is 1. The molecule has 0 radical (unpaired) electrons. The van der Waals surface area contributed by atoms with E-state index in [1.54, 1.807) is 23.7 Å². The molecule has 122 valence electrons. The molecule has 0 spiro atoms. The van der Waals surface area contributed by atoms with E-state index in [0.717, 1.165) is 11.3 Å². The Labute approximate surface area is 132 Å². The number of halogens is 1. The second kappa shape index (κ2) is 6.60. The number of nitrogens with one attached hydrogen (secondary N) is 1. The Morgan fingerprint density at radius 3 is 2.48 bits per heavy atom. The summed E-state index contributed by atoms with van der Waals surface area (Å²) in [6.45, 7) is 4.99. The van der Waals surface area contributed by atoms with Crippen LogP contribution in [0, 0.1) is 19.7 Å². The number of aryl methyl sites for hydroxylation is 1. The van der Waals surface area contributed by atoms with Crippen LogP contribution >= 0.6 is 0 Å². The molecule has 0 aliphatic rings. The average Bonchev–Trinajstić information content (AvgIpc) is 2.76. The molecule has 2 N–H and O–H groups in total. The Bertz CT molecular complexity index is 738. The molecule has 6 nitrogen and oxygen atoms in total. The van der Waals surface area contributed by atoms with Gasteiger partial charge in [-0.3, -0.25) is 9.59 Å². The Morgan fingerprint density at radius 2 is 1.91 bits per heavy atom. The highest BCUT2D eigenvalue weighted by Crippen LogP contribution is 2.18. The molecule has 0 aliphatic carbocycles. The van der Waals surface area contributed by atoms with Gasteiger partial charge >= 0.3 is 5.97 Å². The molecule has 23 heavy (non-hydrogen) atoms. The number of aromatic nitrogens is 2. The number of nitrogens with zero attached hydrogens (tertiary/aromatic N) is 2. The molecular formula is C16H18FN3O3. The van der Waals surface area contributed by atoms with E-state index in [4.69, 9.17) is 5.11 Å². The van der Waals surface area contributed by atoms with Gasteiger partial charge in [-0.1, -0.05) is 0 Å². The predicted molar refractivity (Wildman–Crippen MR) is 81.9 cm³/mol. The van der Waals surface area contributed by atoms with Crippen LogP contribution in [0.15, 0.2) is 24.3 Å². The number of benzene rings is 1. The summed E-state index contributed by atoms with van der Waals surface area (Å²) in [5.41, 5.74) is 2.85. The van der Waals surface area contributed by atoms with E-state index in [1.165, 1.54) is 19.1 Å². The van der Waals surface area contributed by atoms with E-state index in [-0.39, 0.29) is 18.1 Å². The standard InChI is InChI=1S/C16H18FN3O3/c1-9-14(8-15(21)18-10(2)16(22)23)11(3)20(19-9)13-6-4-12(17)5-7-13/h4-7,10H,8H2,1-3H3,(H,18,21)(H,22,23)/t10-/m1/s1. The molecule has 1 aromatic heterocycles. The molecular weight excluding hydrogens is 301 g/mol. The lowest BCUT2D eigenvalue weighted by Crippen LogP contribution is -2.39. The zero-order valence-corrected chi connectivity index (χ0v) is 13.1. The number of carbonyl (C=O) groups is 2. The van der Waals surface area contributed by atoms with Crippen molar-refractivity contribution >= 4 is 11.9 Å². The molecule has 1 atom stereocenters. The molecule has 1 aromatic carbocycles. The number of carbonyl (C=O) groups excluding carboxylic acids is 1. The number of amides is 1. The van der Waals surface area contributed by atoms with Crippen LogP contribution < -0.4 is 5.32 Å². The summed E-state index contributed by atoms with van der Waals surface area (Å²) >= 11 is 0. The van der Waals surface area contributed by atoms with Gasteiger partial charge in [0.2, 0.25) is 5.91 Å². The number of hydrogen-bond acceptors (Lipinski definition) is 3. The predicted octanol–water partition coefficient (Wildman–Crippen LogP) is 1.76.